The zero-order chi connectivity index (χ0) is 65.3. The second-order valence-electron chi connectivity index (χ2n) is 20.1. The molecule has 0 aromatic heterocycles. The van der Waals surface area contributed by atoms with Gasteiger partial charge in [0, 0.05) is 33.1 Å². The number of carbonyl (C=O) groups is 10. The van der Waals surface area contributed by atoms with Crippen molar-refractivity contribution in [2.45, 2.75) is 178 Å². The fourth-order valence-corrected chi connectivity index (χ4v) is 8.56. The average molecular weight is 1240 g/mol. The third-order valence-corrected chi connectivity index (χ3v) is 13.3. The Morgan fingerprint density at radius 2 is 0.651 bits per heavy atom. The van der Waals surface area contributed by atoms with Gasteiger partial charge < -0.3 is 116 Å². The fourth-order valence-electron chi connectivity index (χ4n) is 8.08. The molecule has 0 spiro atoms. The van der Waals surface area contributed by atoms with E-state index in [-0.39, 0.29) is 140 Å². The molecule has 0 aliphatic carbocycles. The van der Waals surface area contributed by atoms with Crippen molar-refractivity contribution in [1.29, 1.82) is 0 Å². The number of unbranched alkanes of at least 4 members (excludes halogenated alkanes) is 2. The first-order valence-electron chi connectivity index (χ1n) is 28.4. The van der Waals surface area contributed by atoms with Crippen molar-refractivity contribution >= 4 is 94.7 Å². The monoisotopic (exact) mass is 1240 g/mol. The van der Waals surface area contributed by atoms with Gasteiger partial charge in [-0.05, 0) is 135 Å². The molecule has 0 rings (SSSR count). The van der Waals surface area contributed by atoms with Gasteiger partial charge in [0.05, 0.1) is 6.10 Å². The number of aliphatic imine (C=N–C) groups is 4. The number of amides is 10. The van der Waals surface area contributed by atoms with Gasteiger partial charge >= 0.3 is 0 Å². The van der Waals surface area contributed by atoms with Crippen LogP contribution in [0.3, 0.4) is 0 Å². The molecule has 490 valence electrons. The SMILES string of the molecule is CSCC[C@H](NC(C)=O)C(=O)N[C@@H](C)C(=O)N[C@@H](CCCN=C(N)N)C(=O)N[C@@H](CCCN=C(N)N)C(=O)N[C@@H](CCCN=C(N)N)C(=O)N[C@@H](CCCCN)C(=O)N[C@@H](CCCCN)C(=O)N[C@@H](CCCN=C(N)N)C(=O)N[C@H](C(N)=O)[C@@H](C)O. The summed E-state index contributed by atoms with van der Waals surface area (Å²) in [6, 6.07) is -12.1. The number of nitrogens with one attached hydrogen (secondary N) is 9. The number of rotatable bonds is 46. The van der Waals surface area contributed by atoms with Crippen LogP contribution in [0.5, 0.6) is 0 Å². The molecule has 0 heterocycles. The summed E-state index contributed by atoms with van der Waals surface area (Å²) >= 11 is 1.44. The zero-order valence-corrected chi connectivity index (χ0v) is 50.7. The molecule has 0 aliphatic rings. The molecule has 0 bridgehead atoms. The van der Waals surface area contributed by atoms with Gasteiger partial charge in [-0.25, -0.2) is 0 Å². The molecular weight excluding hydrogens is 1140 g/mol. The average Bonchev–Trinajstić information content (AvgIpc) is 3.51. The summed E-state index contributed by atoms with van der Waals surface area (Å²) in [4.78, 5) is 152. The van der Waals surface area contributed by atoms with Gasteiger partial charge in [0.1, 0.15) is 54.4 Å². The Labute approximate surface area is 505 Å². The van der Waals surface area contributed by atoms with E-state index in [0.29, 0.717) is 25.0 Å². The number of hydrogen-bond donors (Lipinski definition) is 21. The van der Waals surface area contributed by atoms with E-state index in [0.717, 1.165) is 0 Å². The van der Waals surface area contributed by atoms with Crippen molar-refractivity contribution in [2.24, 2.45) is 83.0 Å². The largest absolute Gasteiger partial charge is 0.391 e. The number of nitrogens with two attached hydrogens (primary N) is 11. The van der Waals surface area contributed by atoms with Crippen molar-refractivity contribution in [3.8, 4) is 0 Å². The molecule has 0 aromatic carbocycles. The van der Waals surface area contributed by atoms with Gasteiger partial charge in [-0.2, -0.15) is 11.8 Å². The fraction of sp³-hybridized carbons (Fsp3) is 0.720. The van der Waals surface area contributed by atoms with Crippen LogP contribution in [-0.2, 0) is 47.9 Å². The minimum absolute atomic E-state index is 0.00636. The normalized spacial score (nSPS) is 14.3. The molecule has 0 aliphatic heterocycles. The van der Waals surface area contributed by atoms with Crippen LogP contribution in [0, 0.1) is 0 Å². The summed E-state index contributed by atoms with van der Waals surface area (Å²) in [6.07, 6.45) is 2.06. The lowest BCUT2D eigenvalue weighted by molar-refractivity contribution is -0.136. The lowest BCUT2D eigenvalue weighted by Gasteiger charge is -2.28. The van der Waals surface area contributed by atoms with E-state index >= 15 is 0 Å². The van der Waals surface area contributed by atoms with E-state index in [2.05, 4.69) is 67.8 Å². The maximum absolute atomic E-state index is 14.6. The third kappa shape index (κ3) is 35.3. The first-order chi connectivity index (χ1) is 40.6. The van der Waals surface area contributed by atoms with Crippen LogP contribution in [0.25, 0.3) is 0 Å². The standard InChI is InChI=1S/C50H98N24O11S/c1-27(66-40(79)36(19-26-86-4)67-29(3)76)39(78)68-32(15-9-22-62-47(54)55)43(82)71-34(17-11-24-64-49(58)59)45(84)72-33(16-10-23-63-48(56)57)44(83)70-30(13-5-7-20-51)41(80)69-31(14-6-8-21-52)42(81)73-35(18-12-25-65-50(60)61)46(85)74-37(28(2)75)38(53)77/h27-28,30-37,75H,5-26,51-52H2,1-4H3,(H2,53,77)(H,66,79)(H,67,76)(H,68,78)(H,69,80)(H,70,83)(H,71,82)(H,72,84)(H,73,81)(H,74,85)(H4,54,55,62)(H4,56,57,63)(H4,58,59,64)(H4,60,61,65)/t27-,28+,30-,31-,32-,33-,34-,35-,36-,37-/m0/s1. The number of aliphatic hydroxyl groups is 1. The molecule has 0 saturated heterocycles. The summed E-state index contributed by atoms with van der Waals surface area (Å²) < 4.78 is 0. The molecule has 0 fully saturated rings. The zero-order valence-electron chi connectivity index (χ0n) is 49.9. The van der Waals surface area contributed by atoms with Gasteiger partial charge in [-0.15, -0.1) is 0 Å². The number of hydrogen-bond acceptors (Lipinski definition) is 18. The van der Waals surface area contributed by atoms with E-state index in [1.54, 1.807) is 0 Å². The number of nitrogens with zero attached hydrogens (tertiary/aromatic N) is 4. The van der Waals surface area contributed by atoms with Crippen LogP contribution in [0.1, 0.15) is 117 Å². The minimum atomic E-state index is -1.53. The van der Waals surface area contributed by atoms with Gasteiger partial charge in [0.25, 0.3) is 0 Å². The molecule has 35 nitrogen and oxygen atoms in total. The molecule has 0 unspecified atom stereocenters. The maximum Gasteiger partial charge on any atom is 0.243 e. The summed E-state index contributed by atoms with van der Waals surface area (Å²) in [5.74, 6) is -8.69. The van der Waals surface area contributed by atoms with E-state index in [1.807, 2.05) is 6.26 Å². The second kappa shape index (κ2) is 44.5. The second-order valence-corrected chi connectivity index (χ2v) is 21.1. The maximum atomic E-state index is 14.6. The van der Waals surface area contributed by atoms with Crippen molar-refractivity contribution in [2.75, 3.05) is 51.3 Å². The number of guanidine groups is 4. The molecule has 0 saturated carbocycles. The van der Waals surface area contributed by atoms with Crippen molar-refractivity contribution in [1.82, 2.24) is 47.9 Å². The van der Waals surface area contributed by atoms with Crippen LogP contribution in [-0.4, -0.2) is 200 Å². The minimum Gasteiger partial charge on any atom is -0.391 e. The highest BCUT2D eigenvalue weighted by Gasteiger charge is 2.35. The van der Waals surface area contributed by atoms with Gasteiger partial charge in [-0.1, -0.05) is 0 Å². The summed E-state index contributed by atoms with van der Waals surface area (Å²) in [5, 5.41) is 33.5. The van der Waals surface area contributed by atoms with Crippen LogP contribution in [0.15, 0.2) is 20.0 Å². The predicted molar refractivity (Wildman–Crippen MR) is 328 cm³/mol. The smallest absolute Gasteiger partial charge is 0.243 e. The Balaban J connectivity index is 7.29. The van der Waals surface area contributed by atoms with E-state index in [4.69, 9.17) is 63.1 Å². The first-order valence-corrected chi connectivity index (χ1v) is 29.8. The van der Waals surface area contributed by atoms with E-state index in [1.165, 1.54) is 32.5 Å². The highest BCUT2D eigenvalue weighted by Crippen LogP contribution is 2.12. The molecule has 10 amide bonds. The number of primary amides is 1. The quantitative estimate of drug-likeness (QED) is 0.0153. The number of thioether (sulfide) groups is 1. The first kappa shape index (κ1) is 78.0. The summed E-state index contributed by atoms with van der Waals surface area (Å²) in [7, 11) is 0. The van der Waals surface area contributed by atoms with Crippen LogP contribution < -0.4 is 111 Å². The molecule has 32 N–H and O–H groups in total. The Morgan fingerprint density at radius 3 is 0.907 bits per heavy atom. The Bertz CT molecular complexity index is 2280. The Morgan fingerprint density at radius 1 is 0.384 bits per heavy atom. The highest BCUT2D eigenvalue weighted by atomic mass is 32.2. The van der Waals surface area contributed by atoms with Gasteiger partial charge in [-0.3, -0.25) is 67.9 Å². The molecule has 86 heavy (non-hydrogen) atoms. The Hall–Kier alpha value is -7.99. The highest BCUT2D eigenvalue weighted by molar-refractivity contribution is 7.98. The molecule has 36 heteroatoms. The summed E-state index contributed by atoms with van der Waals surface area (Å²) in [6.45, 7) is 4.33. The Kier molecular flexibility index (Phi) is 40.4. The van der Waals surface area contributed by atoms with Crippen LogP contribution in [0.2, 0.25) is 0 Å². The van der Waals surface area contributed by atoms with E-state index < -0.39 is 120 Å². The summed E-state index contributed by atoms with van der Waals surface area (Å²) in [5.41, 5.74) is 61.2. The van der Waals surface area contributed by atoms with Crippen LogP contribution >= 0.6 is 11.8 Å². The molecule has 0 radical (unpaired) electrons. The van der Waals surface area contributed by atoms with Crippen molar-refractivity contribution in [3.05, 3.63) is 0 Å². The predicted octanol–water partition coefficient (Wildman–Crippen LogP) is -8.52. The van der Waals surface area contributed by atoms with Crippen molar-refractivity contribution in [3.63, 3.8) is 0 Å². The van der Waals surface area contributed by atoms with E-state index in [9.17, 15) is 53.1 Å². The molecular formula is C50H98N24O11S. The molecule has 10 atom stereocenters. The van der Waals surface area contributed by atoms with Crippen molar-refractivity contribution < 1.29 is 53.1 Å². The van der Waals surface area contributed by atoms with Gasteiger partial charge in [0.15, 0.2) is 23.8 Å². The lowest BCUT2D eigenvalue weighted by Crippen LogP contribution is -2.60. The lowest BCUT2D eigenvalue weighted by atomic mass is 10.0. The molecule has 0 aromatic rings. The van der Waals surface area contributed by atoms with Gasteiger partial charge in [0.2, 0.25) is 59.1 Å². The number of aliphatic hydroxyl groups excluding tert-OH is 1. The number of carbonyl (C=O) groups excluding carboxylic acids is 10. The topological polar surface area (TPSA) is 635 Å². The van der Waals surface area contributed by atoms with Crippen LogP contribution in [0.4, 0.5) is 0 Å². The third-order valence-electron chi connectivity index (χ3n) is 12.6.